The number of nitrogens with zero attached hydrogens (tertiary/aromatic N) is 1. The minimum atomic E-state index is -2.83. The molecule has 0 aliphatic heterocycles. The summed E-state index contributed by atoms with van der Waals surface area (Å²) in [6.45, 7) is 0. The molecule has 88 valence electrons. The molecule has 0 aromatic carbocycles. The maximum atomic E-state index is 12.7. The molecular weight excluding hydrogens is 307 g/mol. The zero-order valence-corrected chi connectivity index (χ0v) is 10.2. The molecule has 3 nitrogen and oxygen atoms in total. The van der Waals surface area contributed by atoms with Crippen molar-refractivity contribution in [2.45, 2.75) is 18.7 Å². The van der Waals surface area contributed by atoms with E-state index in [1.54, 1.807) is 0 Å². The second kappa shape index (κ2) is 5.54. The molecule has 0 aliphatic rings. The third kappa shape index (κ3) is 3.12. The molecule has 16 heavy (non-hydrogen) atoms. The number of carboxylic acids is 1. The van der Waals surface area contributed by atoms with Gasteiger partial charge < -0.3 is 5.11 Å². The fourth-order valence-corrected chi connectivity index (χ4v) is 1.93. The van der Waals surface area contributed by atoms with Gasteiger partial charge in [-0.05, 0) is 6.07 Å². The minimum absolute atomic E-state index is 0.00826. The van der Waals surface area contributed by atoms with Crippen LogP contribution in [0.4, 0.5) is 8.78 Å². The van der Waals surface area contributed by atoms with Crippen LogP contribution in [0.25, 0.3) is 0 Å². The maximum Gasteiger partial charge on any atom is 0.307 e. The van der Waals surface area contributed by atoms with Gasteiger partial charge in [-0.25, -0.2) is 8.78 Å². The number of hydrogen-bond donors (Lipinski definition) is 1. The van der Waals surface area contributed by atoms with Gasteiger partial charge in [0.05, 0.1) is 18.0 Å². The molecule has 0 unspecified atom stereocenters. The molecule has 0 aliphatic carbocycles. The van der Waals surface area contributed by atoms with Crippen molar-refractivity contribution in [3.05, 3.63) is 27.5 Å². The summed E-state index contributed by atoms with van der Waals surface area (Å²) < 4.78 is 25.6. The van der Waals surface area contributed by atoms with Crippen LogP contribution in [0.1, 0.15) is 23.4 Å². The molecule has 0 amide bonds. The number of aliphatic carboxylic acids is 1. The lowest BCUT2D eigenvalue weighted by molar-refractivity contribution is -0.136. The highest BCUT2D eigenvalue weighted by molar-refractivity contribution is 9.10. The SMILES string of the molecule is O=C(O)Cc1c(Br)cc(CCl)nc1C(F)F. The van der Waals surface area contributed by atoms with Crippen LogP contribution in [-0.2, 0) is 17.1 Å². The topological polar surface area (TPSA) is 50.2 Å². The van der Waals surface area contributed by atoms with Crippen LogP contribution in [0.3, 0.4) is 0 Å². The van der Waals surface area contributed by atoms with Crippen LogP contribution in [0.2, 0.25) is 0 Å². The first kappa shape index (κ1) is 13.3. The van der Waals surface area contributed by atoms with E-state index < -0.39 is 24.5 Å². The van der Waals surface area contributed by atoms with E-state index in [0.29, 0.717) is 0 Å². The van der Waals surface area contributed by atoms with Crippen LogP contribution in [0.5, 0.6) is 0 Å². The van der Waals surface area contributed by atoms with Gasteiger partial charge in [0.15, 0.2) is 0 Å². The highest BCUT2D eigenvalue weighted by Gasteiger charge is 2.20. The minimum Gasteiger partial charge on any atom is -0.481 e. The number of hydrogen-bond acceptors (Lipinski definition) is 2. The van der Waals surface area contributed by atoms with E-state index in [9.17, 15) is 13.6 Å². The van der Waals surface area contributed by atoms with E-state index in [1.165, 1.54) is 6.07 Å². The van der Waals surface area contributed by atoms with Crippen LogP contribution < -0.4 is 0 Å². The smallest absolute Gasteiger partial charge is 0.307 e. The number of alkyl halides is 3. The molecule has 0 bridgehead atoms. The number of halogens is 4. The highest BCUT2D eigenvalue weighted by atomic mass is 79.9. The summed E-state index contributed by atoms with van der Waals surface area (Å²) in [6.07, 6.45) is -3.33. The van der Waals surface area contributed by atoms with Gasteiger partial charge in [0.1, 0.15) is 5.69 Å². The average Bonchev–Trinajstić information content (AvgIpc) is 2.19. The first-order valence-corrected chi connectivity index (χ1v) is 5.52. The Morgan fingerprint density at radius 2 is 2.25 bits per heavy atom. The third-order valence-corrected chi connectivity index (χ3v) is 2.81. The molecular formula is C9H7BrClF2NO2. The summed E-state index contributed by atoms with van der Waals surface area (Å²) in [7, 11) is 0. The van der Waals surface area contributed by atoms with Gasteiger partial charge in [-0.3, -0.25) is 9.78 Å². The molecule has 0 atom stereocenters. The van der Waals surface area contributed by atoms with Crippen molar-refractivity contribution in [3.63, 3.8) is 0 Å². The molecule has 1 aromatic heterocycles. The first-order chi connectivity index (χ1) is 7.45. The summed E-state index contributed by atoms with van der Waals surface area (Å²) >= 11 is 8.53. The zero-order valence-electron chi connectivity index (χ0n) is 7.88. The Bertz CT molecular complexity index is 415. The normalized spacial score (nSPS) is 10.8. The van der Waals surface area contributed by atoms with Crippen molar-refractivity contribution in [3.8, 4) is 0 Å². The summed E-state index contributed by atoms with van der Waals surface area (Å²) in [5, 5.41) is 8.60. The van der Waals surface area contributed by atoms with E-state index in [2.05, 4.69) is 20.9 Å². The predicted octanol–water partition coefficient (Wildman–Crippen LogP) is 3.15. The number of carbonyl (C=O) groups is 1. The molecule has 1 aromatic rings. The lowest BCUT2D eigenvalue weighted by Crippen LogP contribution is -2.08. The van der Waals surface area contributed by atoms with Gasteiger partial charge in [-0.15, -0.1) is 11.6 Å². The van der Waals surface area contributed by atoms with Gasteiger partial charge in [0.2, 0.25) is 0 Å². The first-order valence-electron chi connectivity index (χ1n) is 4.19. The second-order valence-electron chi connectivity index (χ2n) is 2.96. The third-order valence-electron chi connectivity index (χ3n) is 1.83. The molecule has 1 N–H and O–H groups in total. The number of aromatic nitrogens is 1. The zero-order chi connectivity index (χ0) is 12.3. The summed E-state index contributed by atoms with van der Waals surface area (Å²) in [6, 6.07) is 1.44. The Labute approximate surface area is 104 Å². The standard InChI is InChI=1S/C9H7BrClF2NO2/c10-6-1-4(3-11)14-8(9(12)13)5(6)2-7(15)16/h1,9H,2-3H2,(H,15,16). The number of carboxylic acid groups (broad SMARTS) is 1. The van der Waals surface area contributed by atoms with E-state index in [1.807, 2.05) is 0 Å². The summed E-state index contributed by atoms with van der Waals surface area (Å²) in [5.41, 5.74) is -0.276. The number of rotatable bonds is 4. The van der Waals surface area contributed by atoms with Crippen molar-refractivity contribution in [1.29, 1.82) is 0 Å². The fourth-order valence-electron chi connectivity index (χ4n) is 1.19. The van der Waals surface area contributed by atoms with Crippen molar-refractivity contribution in [2.75, 3.05) is 0 Å². The van der Waals surface area contributed by atoms with Gasteiger partial charge in [-0.1, -0.05) is 15.9 Å². The molecule has 0 saturated heterocycles. The Balaban J connectivity index is 3.27. The average molecular weight is 315 g/mol. The maximum absolute atomic E-state index is 12.7. The van der Waals surface area contributed by atoms with E-state index >= 15 is 0 Å². The molecule has 1 rings (SSSR count). The number of pyridine rings is 1. The Hall–Kier alpha value is -0.750. The van der Waals surface area contributed by atoms with Crippen LogP contribution in [0.15, 0.2) is 10.5 Å². The monoisotopic (exact) mass is 313 g/mol. The lowest BCUT2D eigenvalue weighted by Gasteiger charge is -2.10. The van der Waals surface area contributed by atoms with E-state index in [0.717, 1.165) is 0 Å². The Morgan fingerprint density at radius 3 is 2.69 bits per heavy atom. The van der Waals surface area contributed by atoms with Crippen molar-refractivity contribution < 1.29 is 18.7 Å². The van der Waals surface area contributed by atoms with Gasteiger partial charge in [0.25, 0.3) is 6.43 Å². The fraction of sp³-hybridized carbons (Fsp3) is 0.333. The van der Waals surface area contributed by atoms with Crippen LogP contribution in [-0.4, -0.2) is 16.1 Å². The summed E-state index contributed by atoms with van der Waals surface area (Å²) in [5.74, 6) is -1.20. The molecule has 0 saturated carbocycles. The van der Waals surface area contributed by atoms with Crippen LogP contribution in [0, 0.1) is 0 Å². The van der Waals surface area contributed by atoms with E-state index in [4.69, 9.17) is 16.7 Å². The van der Waals surface area contributed by atoms with Crippen molar-refractivity contribution in [1.82, 2.24) is 4.98 Å². The second-order valence-corrected chi connectivity index (χ2v) is 4.09. The quantitative estimate of drug-likeness (QED) is 0.869. The summed E-state index contributed by atoms with van der Waals surface area (Å²) in [4.78, 5) is 14.2. The largest absolute Gasteiger partial charge is 0.481 e. The molecule has 0 fully saturated rings. The van der Waals surface area contributed by atoms with E-state index in [-0.39, 0.29) is 21.6 Å². The molecule has 1 heterocycles. The van der Waals surface area contributed by atoms with Gasteiger partial charge in [-0.2, -0.15) is 0 Å². The highest BCUT2D eigenvalue weighted by Crippen LogP contribution is 2.28. The molecule has 0 radical (unpaired) electrons. The molecule has 0 spiro atoms. The van der Waals surface area contributed by atoms with Crippen molar-refractivity contribution in [2.24, 2.45) is 0 Å². The molecule has 7 heteroatoms. The lowest BCUT2D eigenvalue weighted by atomic mass is 10.1. The Morgan fingerprint density at radius 1 is 1.62 bits per heavy atom. The van der Waals surface area contributed by atoms with Gasteiger partial charge >= 0.3 is 5.97 Å². The van der Waals surface area contributed by atoms with Crippen molar-refractivity contribution >= 4 is 33.5 Å². The van der Waals surface area contributed by atoms with Gasteiger partial charge in [0, 0.05) is 10.0 Å². The predicted molar refractivity (Wildman–Crippen MR) is 57.8 cm³/mol. The Kier molecular flexibility index (Phi) is 4.61. The van der Waals surface area contributed by atoms with Crippen LogP contribution >= 0.6 is 27.5 Å².